The van der Waals surface area contributed by atoms with E-state index in [0.29, 0.717) is 6.61 Å². The van der Waals surface area contributed by atoms with Crippen molar-refractivity contribution in [3.05, 3.63) is 78.4 Å². The van der Waals surface area contributed by atoms with Gasteiger partial charge in [0, 0.05) is 18.9 Å². The van der Waals surface area contributed by atoms with Crippen molar-refractivity contribution in [2.24, 2.45) is 0 Å². The van der Waals surface area contributed by atoms with Gasteiger partial charge in [-0.3, -0.25) is 0 Å². The molecule has 0 aliphatic rings. The van der Waals surface area contributed by atoms with Gasteiger partial charge in [0.2, 0.25) is 0 Å². The molecule has 0 saturated heterocycles. The van der Waals surface area contributed by atoms with Crippen LogP contribution < -0.4 is 0 Å². The van der Waals surface area contributed by atoms with Crippen LogP contribution >= 0.6 is 0 Å². The van der Waals surface area contributed by atoms with Crippen molar-refractivity contribution in [2.45, 2.75) is 20.1 Å². The molecular weight excluding hydrogens is 292 g/mol. The highest BCUT2D eigenvalue weighted by atomic mass is 16.7. The summed E-state index contributed by atoms with van der Waals surface area (Å²) < 4.78 is 11.8. The van der Waals surface area contributed by atoms with Gasteiger partial charge >= 0.3 is 6.16 Å². The highest BCUT2D eigenvalue weighted by Crippen LogP contribution is 2.03. The maximum absolute atomic E-state index is 11.2. The molecule has 0 unspecified atom stereocenters. The SMILES string of the molecule is CCOC(=O)OCc1ccccc(Cn2ccnc2)cccc1. The molecule has 23 heavy (non-hydrogen) atoms. The number of carbonyl (C=O) groups excluding carboxylic acids is 1. The Hall–Kier alpha value is -2.82. The fraction of sp³-hybridized carbons (Fsp3) is 0.222. The van der Waals surface area contributed by atoms with Crippen LogP contribution in [0.3, 0.4) is 0 Å². The molecule has 0 aliphatic carbocycles. The number of hydrogen-bond acceptors (Lipinski definition) is 4. The second-order valence-corrected chi connectivity index (χ2v) is 4.79. The van der Waals surface area contributed by atoms with Crippen molar-refractivity contribution in [3.63, 3.8) is 0 Å². The third kappa shape index (κ3) is 6.22. The van der Waals surface area contributed by atoms with E-state index >= 15 is 0 Å². The lowest BCUT2D eigenvalue weighted by Crippen LogP contribution is -2.06. The molecule has 5 heteroatoms. The van der Waals surface area contributed by atoms with Crippen LogP contribution in [0.4, 0.5) is 4.79 Å². The molecule has 1 heterocycles. The van der Waals surface area contributed by atoms with Crippen molar-refractivity contribution in [3.8, 4) is 0 Å². The highest BCUT2D eigenvalue weighted by molar-refractivity contribution is 5.59. The van der Waals surface area contributed by atoms with Crippen LogP contribution in [0.25, 0.3) is 0 Å². The number of carbonyl (C=O) groups is 1. The Morgan fingerprint density at radius 1 is 1.04 bits per heavy atom. The van der Waals surface area contributed by atoms with Crippen LogP contribution in [0.2, 0.25) is 0 Å². The van der Waals surface area contributed by atoms with Gasteiger partial charge in [-0.15, -0.1) is 0 Å². The minimum Gasteiger partial charge on any atom is -0.435 e. The van der Waals surface area contributed by atoms with Crippen LogP contribution in [-0.4, -0.2) is 22.3 Å². The fourth-order valence-electron chi connectivity index (χ4n) is 1.92. The minimum absolute atomic E-state index is 0.180. The summed E-state index contributed by atoms with van der Waals surface area (Å²) in [4.78, 5) is 15.3. The number of ether oxygens (including phenoxy) is 2. The molecule has 0 fully saturated rings. The van der Waals surface area contributed by atoms with E-state index in [1.807, 2.05) is 59.3 Å². The summed E-state index contributed by atoms with van der Waals surface area (Å²) in [5.41, 5.74) is 2.04. The van der Waals surface area contributed by atoms with Gasteiger partial charge in [-0.2, -0.15) is 0 Å². The third-order valence-corrected chi connectivity index (χ3v) is 3.01. The molecule has 0 aliphatic heterocycles. The predicted molar refractivity (Wildman–Crippen MR) is 87.2 cm³/mol. The Kier molecular flexibility index (Phi) is 6.65. The molecule has 1 aromatic carbocycles. The van der Waals surface area contributed by atoms with E-state index in [2.05, 4.69) is 4.98 Å². The molecule has 2 rings (SSSR count). The summed E-state index contributed by atoms with van der Waals surface area (Å²) in [7, 11) is 0. The second kappa shape index (κ2) is 9.25. The topological polar surface area (TPSA) is 53.4 Å². The Balaban J connectivity index is 2.06. The molecule has 0 amide bonds. The first-order valence-electron chi connectivity index (χ1n) is 7.44. The van der Waals surface area contributed by atoms with Gasteiger partial charge in [0.25, 0.3) is 0 Å². The Labute approximate surface area is 135 Å². The lowest BCUT2D eigenvalue weighted by Gasteiger charge is -2.03. The zero-order valence-corrected chi connectivity index (χ0v) is 13.1. The van der Waals surface area contributed by atoms with Gasteiger partial charge in [-0.1, -0.05) is 48.5 Å². The van der Waals surface area contributed by atoms with E-state index < -0.39 is 6.16 Å². The van der Waals surface area contributed by atoms with Crippen molar-refractivity contribution in [1.29, 1.82) is 0 Å². The van der Waals surface area contributed by atoms with Gasteiger partial charge in [0.15, 0.2) is 0 Å². The van der Waals surface area contributed by atoms with Gasteiger partial charge in [0.1, 0.15) is 6.61 Å². The van der Waals surface area contributed by atoms with Crippen molar-refractivity contribution < 1.29 is 14.3 Å². The molecule has 0 bridgehead atoms. The first-order valence-corrected chi connectivity index (χ1v) is 7.44. The maximum Gasteiger partial charge on any atom is 0.508 e. The molecule has 0 radical (unpaired) electrons. The molecular formula is C18H20N2O3. The molecule has 0 atom stereocenters. The first-order chi connectivity index (χ1) is 11.3. The molecule has 0 N–H and O–H groups in total. The predicted octanol–water partition coefficient (Wildman–Crippen LogP) is 3.73. The first kappa shape index (κ1) is 16.5. The molecule has 120 valence electrons. The summed E-state index contributed by atoms with van der Waals surface area (Å²) >= 11 is 0. The van der Waals surface area contributed by atoms with E-state index in [4.69, 9.17) is 9.47 Å². The van der Waals surface area contributed by atoms with Crippen molar-refractivity contribution in [1.82, 2.24) is 9.55 Å². The van der Waals surface area contributed by atoms with E-state index in [1.54, 1.807) is 19.4 Å². The number of aromatic nitrogens is 2. The normalized spacial score (nSPS) is 9.78. The maximum atomic E-state index is 11.2. The minimum atomic E-state index is -0.652. The largest absolute Gasteiger partial charge is 0.508 e. The fourth-order valence-corrected chi connectivity index (χ4v) is 1.92. The summed E-state index contributed by atoms with van der Waals surface area (Å²) in [6.45, 7) is 2.99. The van der Waals surface area contributed by atoms with Gasteiger partial charge in [-0.05, 0) is 18.1 Å². The summed E-state index contributed by atoms with van der Waals surface area (Å²) in [6, 6.07) is 15.6. The lowest BCUT2D eigenvalue weighted by molar-refractivity contribution is 0.0536. The van der Waals surface area contributed by atoms with Crippen LogP contribution in [0.1, 0.15) is 18.1 Å². The number of imidazole rings is 1. The Morgan fingerprint density at radius 3 is 2.26 bits per heavy atom. The molecule has 0 saturated carbocycles. The average Bonchev–Trinajstić information content (AvgIpc) is 3.05. The number of rotatable bonds is 5. The zero-order valence-electron chi connectivity index (χ0n) is 13.1. The number of nitrogens with zero attached hydrogens (tertiary/aromatic N) is 2. The Bertz CT molecular complexity index is 640. The van der Waals surface area contributed by atoms with Gasteiger partial charge < -0.3 is 14.0 Å². The molecule has 1 aromatic heterocycles. The lowest BCUT2D eigenvalue weighted by atomic mass is 10.2. The smallest absolute Gasteiger partial charge is 0.435 e. The quantitative estimate of drug-likeness (QED) is 0.789. The van der Waals surface area contributed by atoms with Gasteiger partial charge in [0.05, 0.1) is 12.9 Å². The monoisotopic (exact) mass is 312 g/mol. The standard InChI is InChI=1S/C18H20N2O3/c1-2-22-18(21)23-14-17-9-5-3-7-16(8-4-6-10-17)13-20-12-11-19-15-20/h3-12,15H,2,13-14H2,1H3. The van der Waals surface area contributed by atoms with Crippen molar-refractivity contribution in [2.75, 3.05) is 6.61 Å². The van der Waals surface area contributed by atoms with Crippen LogP contribution in [0.5, 0.6) is 0 Å². The van der Waals surface area contributed by atoms with E-state index in [9.17, 15) is 4.79 Å². The van der Waals surface area contributed by atoms with Gasteiger partial charge in [-0.25, -0.2) is 9.78 Å². The van der Waals surface area contributed by atoms with E-state index in [1.165, 1.54) is 0 Å². The zero-order chi connectivity index (χ0) is 16.3. The van der Waals surface area contributed by atoms with Crippen LogP contribution in [0, 0.1) is 0 Å². The molecule has 2 aromatic rings. The summed E-state index contributed by atoms with van der Waals surface area (Å²) in [5, 5.41) is 0. The van der Waals surface area contributed by atoms with Crippen LogP contribution in [-0.2, 0) is 22.6 Å². The Morgan fingerprint density at radius 2 is 1.70 bits per heavy atom. The van der Waals surface area contributed by atoms with E-state index in [-0.39, 0.29) is 6.61 Å². The average molecular weight is 312 g/mol. The van der Waals surface area contributed by atoms with E-state index in [0.717, 1.165) is 17.7 Å². The molecule has 0 spiro atoms. The van der Waals surface area contributed by atoms with Crippen molar-refractivity contribution >= 4 is 6.16 Å². The second-order valence-electron chi connectivity index (χ2n) is 4.79. The van der Waals surface area contributed by atoms with Crippen LogP contribution in [0.15, 0.2) is 67.3 Å². The number of hydrogen-bond donors (Lipinski definition) is 0. The summed E-state index contributed by atoms with van der Waals surface area (Å²) in [6.07, 6.45) is 4.83. The molecule has 5 nitrogen and oxygen atoms in total. The third-order valence-electron chi connectivity index (χ3n) is 3.01. The highest BCUT2D eigenvalue weighted by Gasteiger charge is 2.01. The summed E-state index contributed by atoms with van der Waals surface area (Å²) in [5.74, 6) is 0.